The molecule has 0 aromatic carbocycles. The van der Waals surface area contributed by atoms with Crippen LogP contribution >= 0.6 is 11.3 Å². The van der Waals surface area contributed by atoms with Gasteiger partial charge in [0.05, 0.1) is 6.54 Å². The van der Waals surface area contributed by atoms with Crippen molar-refractivity contribution in [2.24, 2.45) is 17.8 Å². The number of thiazole rings is 1. The van der Waals surface area contributed by atoms with Crippen molar-refractivity contribution in [3.05, 3.63) is 16.1 Å². The number of carboxylic acid groups (broad SMARTS) is 1. The van der Waals surface area contributed by atoms with Crippen molar-refractivity contribution >= 4 is 23.2 Å². The second-order valence-corrected chi connectivity index (χ2v) is 6.23. The molecule has 2 saturated carbocycles. The normalized spacial score (nSPS) is 28.5. The molecule has 1 heterocycles. The Hall–Kier alpha value is -1.43. The summed E-state index contributed by atoms with van der Waals surface area (Å²) in [6.45, 7) is 0.340. The minimum atomic E-state index is -1.03. The van der Waals surface area contributed by atoms with Gasteiger partial charge in [-0.25, -0.2) is 9.78 Å². The maximum absolute atomic E-state index is 12.0. The van der Waals surface area contributed by atoms with E-state index in [1.54, 1.807) is 0 Å². The minimum Gasteiger partial charge on any atom is -0.476 e. The van der Waals surface area contributed by atoms with Crippen molar-refractivity contribution in [2.45, 2.75) is 32.2 Å². The number of nitrogens with one attached hydrogen (secondary N) is 1. The summed E-state index contributed by atoms with van der Waals surface area (Å²) in [5.41, 5.74) is 0.0503. The number of carboxylic acids is 1. The van der Waals surface area contributed by atoms with Crippen LogP contribution in [-0.2, 0) is 11.3 Å². The molecule has 0 unspecified atom stereocenters. The zero-order chi connectivity index (χ0) is 13.4. The van der Waals surface area contributed by atoms with Crippen LogP contribution < -0.4 is 5.32 Å². The molecule has 2 atom stereocenters. The molecule has 3 rings (SSSR count). The number of hydrogen-bond acceptors (Lipinski definition) is 4. The summed E-state index contributed by atoms with van der Waals surface area (Å²) >= 11 is 1.27. The number of amides is 1. The summed E-state index contributed by atoms with van der Waals surface area (Å²) < 4.78 is 0. The Morgan fingerprint density at radius 2 is 2.05 bits per heavy atom. The van der Waals surface area contributed by atoms with E-state index in [1.165, 1.54) is 42.4 Å². The Morgan fingerprint density at radius 1 is 1.37 bits per heavy atom. The van der Waals surface area contributed by atoms with Crippen LogP contribution in [0.5, 0.6) is 0 Å². The second kappa shape index (κ2) is 4.92. The van der Waals surface area contributed by atoms with E-state index in [0.717, 1.165) is 0 Å². The van der Waals surface area contributed by atoms with Gasteiger partial charge < -0.3 is 10.4 Å². The second-order valence-electron chi connectivity index (χ2n) is 5.29. The number of nitrogens with zero attached hydrogens (tertiary/aromatic N) is 1. The van der Waals surface area contributed by atoms with Crippen molar-refractivity contribution in [2.75, 3.05) is 0 Å². The summed E-state index contributed by atoms with van der Waals surface area (Å²) in [6.07, 6.45) is 4.87. The fourth-order valence-corrected chi connectivity index (χ4v) is 3.86. The summed E-state index contributed by atoms with van der Waals surface area (Å²) in [7, 11) is 0. The molecule has 2 aliphatic rings. The molecule has 0 bridgehead atoms. The number of rotatable bonds is 4. The van der Waals surface area contributed by atoms with Crippen LogP contribution in [0.25, 0.3) is 0 Å². The SMILES string of the molecule is O=C(O)c1csc(CNC(=O)C2[C@H]3CCCC[C@H]23)n1. The highest BCUT2D eigenvalue weighted by Gasteiger charge is 2.54. The van der Waals surface area contributed by atoms with E-state index in [0.29, 0.717) is 23.4 Å². The number of aromatic nitrogens is 1. The summed E-state index contributed by atoms with van der Waals surface area (Å²) in [5.74, 6) is 0.478. The zero-order valence-electron chi connectivity index (χ0n) is 10.5. The van der Waals surface area contributed by atoms with Gasteiger partial charge in [-0.15, -0.1) is 11.3 Å². The fourth-order valence-electron chi connectivity index (χ4n) is 3.15. The monoisotopic (exact) mass is 280 g/mol. The van der Waals surface area contributed by atoms with Crippen molar-refractivity contribution in [3.8, 4) is 0 Å². The van der Waals surface area contributed by atoms with Gasteiger partial charge >= 0.3 is 5.97 Å². The molecular weight excluding hydrogens is 264 g/mol. The van der Waals surface area contributed by atoms with Crippen molar-refractivity contribution < 1.29 is 14.7 Å². The summed E-state index contributed by atoms with van der Waals surface area (Å²) in [4.78, 5) is 26.7. The molecule has 0 aliphatic heterocycles. The van der Waals surface area contributed by atoms with Crippen LogP contribution in [0.15, 0.2) is 5.38 Å². The standard InChI is InChI=1S/C13H16N2O3S/c16-12(11-7-3-1-2-4-8(7)11)14-5-10-15-9(6-19-10)13(17)18/h6-8,11H,1-5H2,(H,14,16)(H,17,18)/t7-,8-/m0/s1. The van der Waals surface area contributed by atoms with Gasteiger partial charge in [0.15, 0.2) is 5.69 Å². The van der Waals surface area contributed by atoms with Gasteiger partial charge in [-0.2, -0.15) is 0 Å². The van der Waals surface area contributed by atoms with Gasteiger partial charge in [0.25, 0.3) is 0 Å². The quantitative estimate of drug-likeness (QED) is 0.882. The Morgan fingerprint density at radius 3 is 2.63 bits per heavy atom. The molecule has 2 aliphatic carbocycles. The number of hydrogen-bond donors (Lipinski definition) is 2. The van der Waals surface area contributed by atoms with E-state index >= 15 is 0 Å². The summed E-state index contributed by atoms with van der Waals surface area (Å²) in [5, 5.41) is 13.8. The average molecular weight is 280 g/mol. The average Bonchev–Trinajstić information content (AvgIpc) is 2.93. The molecule has 2 N–H and O–H groups in total. The third-order valence-corrected chi connectivity index (χ3v) is 4.99. The van der Waals surface area contributed by atoms with Gasteiger partial charge in [-0.1, -0.05) is 12.8 Å². The van der Waals surface area contributed by atoms with Gasteiger partial charge in [0.2, 0.25) is 5.91 Å². The number of aromatic carboxylic acids is 1. The Bertz CT molecular complexity index is 502. The molecule has 0 saturated heterocycles. The van der Waals surface area contributed by atoms with E-state index in [-0.39, 0.29) is 17.5 Å². The number of carbonyl (C=O) groups excluding carboxylic acids is 1. The van der Waals surface area contributed by atoms with Crippen LogP contribution in [0.4, 0.5) is 0 Å². The first-order chi connectivity index (χ1) is 9.16. The third-order valence-electron chi connectivity index (χ3n) is 4.14. The molecule has 5 nitrogen and oxygen atoms in total. The van der Waals surface area contributed by atoms with Crippen LogP contribution in [0, 0.1) is 17.8 Å². The highest BCUT2D eigenvalue weighted by atomic mass is 32.1. The third kappa shape index (κ3) is 2.49. The highest BCUT2D eigenvalue weighted by Crippen LogP contribution is 2.55. The van der Waals surface area contributed by atoms with Crippen LogP contribution in [0.3, 0.4) is 0 Å². The molecule has 102 valence electrons. The van der Waals surface area contributed by atoms with Crippen molar-refractivity contribution in [1.82, 2.24) is 10.3 Å². The van der Waals surface area contributed by atoms with E-state index in [1.807, 2.05) is 0 Å². The topological polar surface area (TPSA) is 79.3 Å². The molecule has 0 spiro atoms. The first-order valence-electron chi connectivity index (χ1n) is 6.62. The molecule has 19 heavy (non-hydrogen) atoms. The summed E-state index contributed by atoms with van der Waals surface area (Å²) in [6, 6.07) is 0. The molecular formula is C13H16N2O3S. The minimum absolute atomic E-state index is 0.0503. The van der Waals surface area contributed by atoms with Crippen molar-refractivity contribution in [3.63, 3.8) is 0 Å². The lowest BCUT2D eigenvalue weighted by molar-refractivity contribution is -0.123. The zero-order valence-corrected chi connectivity index (χ0v) is 11.3. The number of fused-ring (bicyclic) bond motifs is 1. The van der Waals surface area contributed by atoms with Gasteiger partial charge in [-0.3, -0.25) is 4.79 Å². The van der Waals surface area contributed by atoms with E-state index < -0.39 is 5.97 Å². The smallest absolute Gasteiger partial charge is 0.355 e. The Balaban J connectivity index is 1.52. The molecule has 1 amide bonds. The Labute approximate surface area is 115 Å². The molecule has 2 fully saturated rings. The fraction of sp³-hybridized carbons (Fsp3) is 0.615. The van der Waals surface area contributed by atoms with Crippen LogP contribution in [-0.4, -0.2) is 22.0 Å². The molecule has 6 heteroatoms. The van der Waals surface area contributed by atoms with Gasteiger partial charge in [0, 0.05) is 11.3 Å². The lowest BCUT2D eigenvalue weighted by atomic mass is 10.0. The van der Waals surface area contributed by atoms with E-state index in [9.17, 15) is 9.59 Å². The van der Waals surface area contributed by atoms with Crippen LogP contribution in [0.1, 0.15) is 41.2 Å². The molecule has 1 aromatic heterocycles. The molecule has 1 aromatic rings. The van der Waals surface area contributed by atoms with Gasteiger partial charge in [-0.05, 0) is 24.7 Å². The Kier molecular flexibility index (Phi) is 3.26. The molecule has 0 radical (unpaired) electrons. The first-order valence-corrected chi connectivity index (χ1v) is 7.50. The number of carbonyl (C=O) groups is 2. The highest BCUT2D eigenvalue weighted by molar-refractivity contribution is 7.09. The maximum Gasteiger partial charge on any atom is 0.355 e. The predicted molar refractivity (Wildman–Crippen MR) is 69.9 cm³/mol. The maximum atomic E-state index is 12.0. The van der Waals surface area contributed by atoms with E-state index in [4.69, 9.17) is 5.11 Å². The largest absolute Gasteiger partial charge is 0.476 e. The predicted octanol–water partition coefficient (Wildman–Crippen LogP) is 1.89. The lowest BCUT2D eigenvalue weighted by Gasteiger charge is -2.04. The van der Waals surface area contributed by atoms with E-state index in [2.05, 4.69) is 10.3 Å². The first kappa shape index (κ1) is 12.6. The lowest BCUT2D eigenvalue weighted by Crippen LogP contribution is -2.25. The van der Waals surface area contributed by atoms with Gasteiger partial charge in [0.1, 0.15) is 5.01 Å². The van der Waals surface area contributed by atoms with Crippen LogP contribution in [0.2, 0.25) is 0 Å². The van der Waals surface area contributed by atoms with Crippen molar-refractivity contribution in [1.29, 1.82) is 0 Å².